The molecule has 0 fully saturated rings. The van der Waals surface area contributed by atoms with Crippen molar-refractivity contribution in [1.29, 1.82) is 0 Å². The van der Waals surface area contributed by atoms with E-state index in [1.807, 2.05) is 18.5 Å². The van der Waals surface area contributed by atoms with Crippen LogP contribution in [0.25, 0.3) is 77.2 Å². The first kappa shape index (κ1) is 29.2. The van der Waals surface area contributed by atoms with Crippen molar-refractivity contribution in [2.45, 2.75) is 0 Å². The molecular weight excluding hydrogens is 617 g/mol. The van der Waals surface area contributed by atoms with Crippen molar-refractivity contribution in [1.82, 2.24) is 4.98 Å². The van der Waals surface area contributed by atoms with E-state index in [4.69, 9.17) is 0 Å². The molecule has 10 rings (SSSR count). The summed E-state index contributed by atoms with van der Waals surface area (Å²) in [6.45, 7) is 0. The van der Waals surface area contributed by atoms with Crippen LogP contribution >= 0.6 is 0 Å². The van der Waals surface area contributed by atoms with Gasteiger partial charge in [0.05, 0.1) is 11.9 Å². The van der Waals surface area contributed by atoms with Crippen molar-refractivity contribution in [3.8, 4) is 55.6 Å². The summed E-state index contributed by atoms with van der Waals surface area (Å²) < 4.78 is 0. The summed E-state index contributed by atoms with van der Waals surface area (Å²) in [4.78, 5) is 6.73. The lowest BCUT2D eigenvalue weighted by molar-refractivity contribution is 1.23. The van der Waals surface area contributed by atoms with Gasteiger partial charge in [-0.05, 0) is 114 Å². The van der Waals surface area contributed by atoms with Gasteiger partial charge in [-0.3, -0.25) is 4.98 Å². The number of aromatic nitrogens is 1. The van der Waals surface area contributed by atoms with E-state index in [9.17, 15) is 0 Å². The van der Waals surface area contributed by atoms with E-state index in [1.165, 1.54) is 77.2 Å². The number of anilines is 3. The van der Waals surface area contributed by atoms with Gasteiger partial charge in [-0.15, -0.1) is 0 Å². The molecule has 1 heterocycles. The second-order valence-electron chi connectivity index (χ2n) is 13.1. The number of hydrogen-bond donors (Lipinski definition) is 0. The van der Waals surface area contributed by atoms with Crippen LogP contribution in [-0.2, 0) is 0 Å². The Hall–Kier alpha value is -6.77. The minimum absolute atomic E-state index is 1.02. The molecule has 0 unspecified atom stereocenters. The lowest BCUT2D eigenvalue weighted by atomic mass is 9.82. The van der Waals surface area contributed by atoms with E-state index < -0.39 is 0 Å². The molecule has 9 aromatic rings. The third kappa shape index (κ3) is 4.69. The van der Waals surface area contributed by atoms with E-state index >= 15 is 0 Å². The molecule has 0 bridgehead atoms. The third-order valence-electron chi connectivity index (χ3n) is 10.3. The van der Waals surface area contributed by atoms with Gasteiger partial charge in [0.15, 0.2) is 0 Å². The van der Waals surface area contributed by atoms with E-state index in [2.05, 4.69) is 186 Å². The smallest absolute Gasteiger partial charge is 0.0644 e. The molecule has 238 valence electrons. The summed E-state index contributed by atoms with van der Waals surface area (Å²) in [5.74, 6) is 0. The zero-order valence-corrected chi connectivity index (χ0v) is 27.9. The lowest BCUT2D eigenvalue weighted by Crippen LogP contribution is -2.10. The Kier molecular flexibility index (Phi) is 6.85. The Bertz CT molecular complexity index is 2590. The summed E-state index contributed by atoms with van der Waals surface area (Å²) in [5, 5.41) is 5.12. The highest BCUT2D eigenvalue weighted by Crippen LogP contribution is 2.58. The fraction of sp³-hybridized carbons (Fsp3) is 0. The van der Waals surface area contributed by atoms with Gasteiger partial charge in [-0.25, -0.2) is 0 Å². The van der Waals surface area contributed by atoms with Gasteiger partial charge in [0.2, 0.25) is 0 Å². The number of fused-ring (bicyclic) bond motifs is 4. The molecule has 0 radical (unpaired) electrons. The first-order valence-electron chi connectivity index (χ1n) is 17.5. The predicted octanol–water partition coefficient (Wildman–Crippen LogP) is 13.5. The maximum absolute atomic E-state index is 4.46. The molecule has 0 saturated carbocycles. The summed E-state index contributed by atoms with van der Waals surface area (Å²) in [6.07, 6.45) is 3.75. The highest BCUT2D eigenvalue weighted by Gasteiger charge is 2.31. The number of para-hydroxylation sites is 1. The van der Waals surface area contributed by atoms with Crippen LogP contribution in [0.15, 0.2) is 194 Å². The van der Waals surface area contributed by atoms with Gasteiger partial charge in [0.1, 0.15) is 0 Å². The van der Waals surface area contributed by atoms with Crippen LogP contribution in [0.3, 0.4) is 0 Å². The van der Waals surface area contributed by atoms with Gasteiger partial charge in [-0.2, -0.15) is 0 Å². The van der Waals surface area contributed by atoms with E-state index in [-0.39, 0.29) is 0 Å². The standard InChI is InChI=1S/C49H32N2/c1-4-15-33(16-5-1)45-41-24-10-11-25-42(41)46(34-17-6-2-7-18-34)49-44-29-28-39(40-26-13-27-43(47(40)44)48(45)49)35-19-12-22-37(31-35)51(36-20-8-3-9-21-36)38-23-14-30-50-32-38/h1-32H. The average Bonchev–Trinajstić information content (AvgIpc) is 3.53. The molecular formula is C49H32N2. The van der Waals surface area contributed by atoms with Gasteiger partial charge in [0, 0.05) is 17.6 Å². The number of rotatable bonds is 6. The van der Waals surface area contributed by atoms with Crippen molar-refractivity contribution < 1.29 is 0 Å². The molecule has 0 amide bonds. The van der Waals surface area contributed by atoms with Crippen LogP contribution in [0.1, 0.15) is 0 Å². The quantitative estimate of drug-likeness (QED) is 0.178. The summed E-state index contributed by atoms with van der Waals surface area (Å²) >= 11 is 0. The molecule has 2 nitrogen and oxygen atoms in total. The van der Waals surface area contributed by atoms with E-state index in [1.54, 1.807) is 0 Å². The number of hydrogen-bond acceptors (Lipinski definition) is 2. The Morgan fingerprint density at radius 3 is 1.49 bits per heavy atom. The zero-order chi connectivity index (χ0) is 33.7. The monoisotopic (exact) mass is 648 g/mol. The number of pyridine rings is 1. The SMILES string of the molecule is c1ccc(-c2c3c(c(-c4ccccc4)c4ccccc24)-c2ccc(-c4cccc(N(c5ccccc5)c5cccnc5)c4)c4cccc-3c24)cc1. The molecule has 0 aliphatic heterocycles. The van der Waals surface area contributed by atoms with Crippen molar-refractivity contribution in [2.75, 3.05) is 4.90 Å². The molecule has 2 heteroatoms. The summed E-state index contributed by atoms with van der Waals surface area (Å²) in [7, 11) is 0. The largest absolute Gasteiger partial charge is 0.309 e. The molecule has 8 aromatic carbocycles. The third-order valence-corrected chi connectivity index (χ3v) is 10.3. The second-order valence-corrected chi connectivity index (χ2v) is 13.1. The topological polar surface area (TPSA) is 16.1 Å². The molecule has 0 atom stereocenters. The fourth-order valence-corrected chi connectivity index (χ4v) is 8.18. The molecule has 51 heavy (non-hydrogen) atoms. The van der Waals surface area contributed by atoms with Crippen LogP contribution in [0.4, 0.5) is 17.1 Å². The maximum Gasteiger partial charge on any atom is 0.0644 e. The number of benzene rings is 8. The van der Waals surface area contributed by atoms with Gasteiger partial charge in [0.25, 0.3) is 0 Å². The molecule has 1 aliphatic rings. The Morgan fingerprint density at radius 2 is 0.843 bits per heavy atom. The van der Waals surface area contributed by atoms with Crippen LogP contribution in [0, 0.1) is 0 Å². The molecule has 0 N–H and O–H groups in total. The van der Waals surface area contributed by atoms with Gasteiger partial charge < -0.3 is 4.90 Å². The van der Waals surface area contributed by atoms with Gasteiger partial charge in [-0.1, -0.05) is 146 Å². The van der Waals surface area contributed by atoms with Crippen molar-refractivity contribution in [3.63, 3.8) is 0 Å². The minimum atomic E-state index is 1.02. The Morgan fingerprint density at radius 1 is 0.333 bits per heavy atom. The molecule has 0 saturated heterocycles. The average molecular weight is 649 g/mol. The van der Waals surface area contributed by atoms with Crippen LogP contribution in [0.2, 0.25) is 0 Å². The lowest BCUT2D eigenvalue weighted by Gasteiger charge is -2.25. The van der Waals surface area contributed by atoms with E-state index in [0.29, 0.717) is 0 Å². The normalized spacial score (nSPS) is 11.5. The highest BCUT2D eigenvalue weighted by atomic mass is 15.1. The molecule has 1 aliphatic carbocycles. The summed E-state index contributed by atoms with van der Waals surface area (Å²) in [5.41, 5.74) is 15.9. The van der Waals surface area contributed by atoms with Crippen molar-refractivity contribution in [2.24, 2.45) is 0 Å². The maximum atomic E-state index is 4.46. The summed E-state index contributed by atoms with van der Waals surface area (Å²) in [6, 6.07) is 65.9. The predicted molar refractivity (Wildman–Crippen MR) is 215 cm³/mol. The van der Waals surface area contributed by atoms with Crippen LogP contribution < -0.4 is 4.90 Å². The Labute approximate surface area is 297 Å². The van der Waals surface area contributed by atoms with Crippen molar-refractivity contribution >= 4 is 38.6 Å². The second kappa shape index (κ2) is 12.0. The molecule has 0 spiro atoms. The van der Waals surface area contributed by atoms with Gasteiger partial charge >= 0.3 is 0 Å². The Balaban J connectivity index is 1.24. The first-order valence-corrected chi connectivity index (χ1v) is 17.5. The van der Waals surface area contributed by atoms with E-state index in [0.717, 1.165) is 17.1 Å². The minimum Gasteiger partial charge on any atom is -0.309 e. The zero-order valence-electron chi connectivity index (χ0n) is 27.9. The van der Waals surface area contributed by atoms with Crippen molar-refractivity contribution in [3.05, 3.63) is 194 Å². The number of nitrogens with zero attached hydrogens (tertiary/aromatic N) is 2. The first-order chi connectivity index (χ1) is 25.3. The van der Waals surface area contributed by atoms with Crippen LogP contribution in [0.5, 0.6) is 0 Å². The highest BCUT2D eigenvalue weighted by molar-refractivity contribution is 6.28. The molecule has 1 aromatic heterocycles. The fourth-order valence-electron chi connectivity index (χ4n) is 8.18. The van der Waals surface area contributed by atoms with Crippen LogP contribution in [-0.4, -0.2) is 4.98 Å².